The number of likely N-dealkylation sites (tertiary alicyclic amines) is 1. The van der Waals surface area contributed by atoms with Gasteiger partial charge in [-0.3, -0.25) is 4.79 Å². The van der Waals surface area contributed by atoms with Crippen molar-refractivity contribution in [3.63, 3.8) is 0 Å². The molecule has 5 aliphatic rings. The molecule has 0 N–H and O–H groups in total. The Hall–Kier alpha value is -0.0500. The molecule has 1 amide bonds. The Labute approximate surface area is 137 Å². The lowest BCUT2D eigenvalue weighted by Gasteiger charge is -2.65. The Morgan fingerprint density at radius 1 is 1.10 bits per heavy atom. The molecule has 1 saturated heterocycles. The normalized spacial score (nSPS) is 52.2. The van der Waals surface area contributed by atoms with Gasteiger partial charge in [-0.2, -0.15) is 0 Å². The topological polar surface area (TPSA) is 20.3 Å². The summed E-state index contributed by atoms with van der Waals surface area (Å²) in [6, 6.07) is 0. The van der Waals surface area contributed by atoms with Crippen molar-refractivity contribution in [3.8, 4) is 0 Å². The fourth-order valence-corrected chi connectivity index (χ4v) is 7.80. The molecule has 0 aromatic carbocycles. The second-order valence-electron chi connectivity index (χ2n) is 9.40. The highest BCUT2D eigenvalue weighted by Gasteiger charge is 2.63. The van der Waals surface area contributed by atoms with E-state index >= 15 is 0 Å². The van der Waals surface area contributed by atoms with Gasteiger partial charge in [-0.25, -0.2) is 0 Å². The van der Waals surface area contributed by atoms with Gasteiger partial charge in [0.2, 0.25) is 5.91 Å². The van der Waals surface area contributed by atoms with Gasteiger partial charge in [0, 0.05) is 17.9 Å². The predicted octanol–water partition coefficient (Wildman–Crippen LogP) is 4.37. The second-order valence-corrected chi connectivity index (χ2v) is 10.7. The van der Waals surface area contributed by atoms with Crippen molar-refractivity contribution in [3.05, 3.63) is 0 Å². The molecular formula is C18H28BrNO. The number of hydrogen-bond acceptors (Lipinski definition) is 1. The third-order valence-corrected chi connectivity index (χ3v) is 7.48. The highest BCUT2D eigenvalue weighted by atomic mass is 79.9. The number of alkyl halides is 1. The summed E-state index contributed by atoms with van der Waals surface area (Å²) in [5.41, 5.74) is 0.869. The molecule has 0 spiro atoms. The highest BCUT2D eigenvalue weighted by molar-refractivity contribution is 9.09. The zero-order valence-corrected chi connectivity index (χ0v) is 15.0. The van der Waals surface area contributed by atoms with E-state index in [0.717, 1.165) is 38.3 Å². The van der Waals surface area contributed by atoms with Crippen molar-refractivity contribution < 1.29 is 4.79 Å². The van der Waals surface area contributed by atoms with Crippen LogP contribution in [-0.2, 0) is 4.79 Å². The van der Waals surface area contributed by atoms with Gasteiger partial charge in [0.15, 0.2) is 0 Å². The van der Waals surface area contributed by atoms with E-state index in [1.807, 2.05) is 0 Å². The average Bonchev–Trinajstić information content (AvgIpc) is 2.33. The summed E-state index contributed by atoms with van der Waals surface area (Å²) in [5, 5.41) is 0. The molecule has 0 radical (unpaired) electrons. The van der Waals surface area contributed by atoms with E-state index in [2.05, 4.69) is 34.7 Å². The van der Waals surface area contributed by atoms with E-state index < -0.39 is 0 Å². The van der Waals surface area contributed by atoms with Gasteiger partial charge >= 0.3 is 0 Å². The van der Waals surface area contributed by atoms with Crippen molar-refractivity contribution in [2.45, 2.75) is 70.0 Å². The van der Waals surface area contributed by atoms with Crippen molar-refractivity contribution in [1.82, 2.24) is 4.90 Å². The number of halogens is 1. The molecule has 4 bridgehead atoms. The first-order valence-corrected chi connectivity index (χ1v) is 9.67. The number of piperidine rings is 1. The van der Waals surface area contributed by atoms with Crippen LogP contribution in [-0.4, -0.2) is 28.7 Å². The van der Waals surface area contributed by atoms with Gasteiger partial charge < -0.3 is 4.90 Å². The van der Waals surface area contributed by atoms with Gasteiger partial charge in [0.25, 0.3) is 0 Å². The van der Waals surface area contributed by atoms with E-state index in [0.29, 0.717) is 21.6 Å². The summed E-state index contributed by atoms with van der Waals surface area (Å²) in [5.74, 6) is 1.32. The molecule has 0 aromatic rings. The maximum absolute atomic E-state index is 13.4. The molecule has 21 heavy (non-hydrogen) atoms. The Kier molecular flexibility index (Phi) is 3.11. The van der Waals surface area contributed by atoms with Gasteiger partial charge in [-0.15, -0.1) is 0 Å². The molecule has 3 heteroatoms. The first-order valence-electron chi connectivity index (χ1n) is 8.75. The van der Waals surface area contributed by atoms with Crippen molar-refractivity contribution in [2.75, 3.05) is 13.1 Å². The van der Waals surface area contributed by atoms with Gasteiger partial charge in [-0.1, -0.05) is 29.8 Å². The minimum atomic E-state index is -0.00697. The van der Waals surface area contributed by atoms with Gasteiger partial charge in [-0.05, 0) is 68.1 Å². The summed E-state index contributed by atoms with van der Waals surface area (Å²) in [6.45, 7) is 6.84. The van der Waals surface area contributed by atoms with Crippen molar-refractivity contribution in [1.29, 1.82) is 0 Å². The predicted molar refractivity (Wildman–Crippen MR) is 88.4 cm³/mol. The summed E-state index contributed by atoms with van der Waals surface area (Å²) in [7, 11) is 0. The van der Waals surface area contributed by atoms with Gasteiger partial charge in [0.05, 0.1) is 5.41 Å². The van der Waals surface area contributed by atoms with Crippen LogP contribution in [0.4, 0.5) is 0 Å². The van der Waals surface area contributed by atoms with Crippen LogP contribution < -0.4 is 0 Å². The van der Waals surface area contributed by atoms with Crippen LogP contribution in [0.25, 0.3) is 0 Å². The number of carbonyl (C=O) groups excluding carboxylic acids is 1. The van der Waals surface area contributed by atoms with Crippen LogP contribution in [0.3, 0.4) is 0 Å². The number of amides is 1. The molecule has 0 aromatic heterocycles. The summed E-state index contributed by atoms with van der Waals surface area (Å²) < 4.78 is 0. The van der Waals surface area contributed by atoms with Crippen LogP contribution in [0, 0.1) is 22.2 Å². The maximum atomic E-state index is 13.4. The fourth-order valence-electron chi connectivity index (χ4n) is 7.13. The maximum Gasteiger partial charge on any atom is 0.228 e. The van der Waals surface area contributed by atoms with E-state index in [1.165, 1.54) is 32.1 Å². The zero-order chi connectivity index (χ0) is 14.9. The van der Waals surface area contributed by atoms with E-state index in [4.69, 9.17) is 0 Å². The standard InChI is InChI=1S/C18H28BrNO/c1-16-6-13-7-17(2,10-16)12-18(8-13,11-16)15(21)20-5-3-4-14(19)9-20/h13-14H,3-12H2,1-2H3. The molecule has 3 atom stereocenters. The minimum absolute atomic E-state index is 0.00697. The van der Waals surface area contributed by atoms with E-state index in [9.17, 15) is 4.79 Å². The smallest absolute Gasteiger partial charge is 0.228 e. The summed E-state index contributed by atoms with van der Waals surface area (Å²) >= 11 is 3.73. The number of hydrogen-bond donors (Lipinski definition) is 0. The van der Waals surface area contributed by atoms with Gasteiger partial charge in [0.1, 0.15) is 0 Å². The van der Waals surface area contributed by atoms with Crippen molar-refractivity contribution >= 4 is 21.8 Å². The first-order chi connectivity index (χ1) is 9.82. The van der Waals surface area contributed by atoms with Crippen LogP contribution in [0.5, 0.6) is 0 Å². The quantitative estimate of drug-likeness (QED) is 0.641. The van der Waals surface area contributed by atoms with Crippen LogP contribution in [0.1, 0.15) is 65.2 Å². The molecular weight excluding hydrogens is 326 g/mol. The minimum Gasteiger partial charge on any atom is -0.341 e. The first kappa shape index (κ1) is 14.5. The molecule has 1 aliphatic heterocycles. The van der Waals surface area contributed by atoms with Crippen molar-refractivity contribution in [2.24, 2.45) is 22.2 Å². The Bertz CT molecular complexity index is 458. The molecule has 1 heterocycles. The number of nitrogens with zero attached hydrogens (tertiary/aromatic N) is 1. The molecule has 4 aliphatic carbocycles. The largest absolute Gasteiger partial charge is 0.341 e. The Morgan fingerprint density at radius 3 is 2.33 bits per heavy atom. The highest BCUT2D eigenvalue weighted by Crippen LogP contribution is 2.69. The summed E-state index contributed by atoms with van der Waals surface area (Å²) in [4.78, 5) is 16.1. The molecule has 4 saturated carbocycles. The molecule has 118 valence electrons. The molecule has 5 fully saturated rings. The lowest BCUT2D eigenvalue weighted by molar-refractivity contribution is -0.180. The number of carbonyl (C=O) groups is 1. The lowest BCUT2D eigenvalue weighted by Crippen LogP contribution is -2.61. The summed E-state index contributed by atoms with van der Waals surface area (Å²) in [6.07, 6.45) is 9.98. The zero-order valence-electron chi connectivity index (χ0n) is 13.5. The molecule has 3 unspecified atom stereocenters. The third-order valence-electron chi connectivity index (χ3n) is 6.73. The average molecular weight is 354 g/mol. The number of rotatable bonds is 1. The second kappa shape index (κ2) is 4.49. The van der Waals surface area contributed by atoms with E-state index in [1.54, 1.807) is 0 Å². The van der Waals surface area contributed by atoms with E-state index in [-0.39, 0.29) is 5.41 Å². The Morgan fingerprint density at radius 2 is 1.76 bits per heavy atom. The Balaban J connectivity index is 1.63. The SMILES string of the molecule is CC12CC3CC(C)(C1)CC(C(=O)N1CCCC(Br)C1)(C3)C2. The lowest BCUT2D eigenvalue weighted by atomic mass is 9.40. The fraction of sp³-hybridized carbons (Fsp3) is 0.944. The van der Waals surface area contributed by atoms with Crippen LogP contribution in [0.2, 0.25) is 0 Å². The van der Waals surface area contributed by atoms with Crippen LogP contribution in [0.15, 0.2) is 0 Å². The molecule has 2 nitrogen and oxygen atoms in total. The molecule has 5 rings (SSSR count). The third kappa shape index (κ3) is 2.29. The monoisotopic (exact) mass is 353 g/mol. The van der Waals surface area contributed by atoms with Crippen LogP contribution >= 0.6 is 15.9 Å².